The fraction of sp³-hybridized carbons (Fsp3) is 0.364. The van der Waals surface area contributed by atoms with E-state index in [4.69, 9.17) is 10.5 Å². The number of ether oxygens (including phenoxy) is 1. The van der Waals surface area contributed by atoms with Gasteiger partial charge >= 0.3 is 0 Å². The van der Waals surface area contributed by atoms with Crippen LogP contribution in [-0.4, -0.2) is 19.6 Å². The fourth-order valence-electron chi connectivity index (χ4n) is 1.76. The van der Waals surface area contributed by atoms with Gasteiger partial charge in [0.1, 0.15) is 5.75 Å². The van der Waals surface area contributed by atoms with Crippen LogP contribution in [-0.2, 0) is 11.2 Å². The zero-order chi connectivity index (χ0) is 10.8. The van der Waals surface area contributed by atoms with Crippen LogP contribution in [0.3, 0.4) is 0 Å². The van der Waals surface area contributed by atoms with Gasteiger partial charge in [-0.15, -0.1) is 0 Å². The molecule has 1 atom stereocenters. The predicted octanol–water partition coefficient (Wildman–Crippen LogP) is 0.765. The first-order valence-electron chi connectivity index (χ1n) is 4.92. The Labute approximate surface area is 88.4 Å². The normalized spacial score (nSPS) is 19.3. The molecule has 0 aliphatic carbocycles. The van der Waals surface area contributed by atoms with E-state index in [0.717, 1.165) is 17.0 Å². The molecule has 1 heterocycles. The van der Waals surface area contributed by atoms with Crippen LogP contribution in [0.25, 0.3) is 0 Å². The second-order valence-corrected chi connectivity index (χ2v) is 3.65. The van der Waals surface area contributed by atoms with Gasteiger partial charge in [0.2, 0.25) is 5.91 Å². The van der Waals surface area contributed by atoms with Crippen LogP contribution >= 0.6 is 0 Å². The average Bonchev–Trinajstić information content (AvgIpc) is 2.27. The van der Waals surface area contributed by atoms with Crippen LogP contribution in [0, 0.1) is 5.92 Å². The third kappa shape index (κ3) is 1.80. The number of fused-ring (bicyclic) bond motifs is 1. The molecule has 4 nitrogen and oxygen atoms in total. The first-order chi connectivity index (χ1) is 7.24. The maximum atomic E-state index is 11.6. The molecular weight excluding hydrogens is 192 g/mol. The van der Waals surface area contributed by atoms with E-state index in [1.54, 1.807) is 7.11 Å². The van der Waals surface area contributed by atoms with Gasteiger partial charge in [-0.25, -0.2) is 0 Å². The molecule has 80 valence electrons. The highest BCUT2D eigenvalue weighted by atomic mass is 16.5. The smallest absolute Gasteiger partial charge is 0.229 e. The highest BCUT2D eigenvalue weighted by Gasteiger charge is 2.24. The summed E-state index contributed by atoms with van der Waals surface area (Å²) in [6.45, 7) is 0.386. The van der Waals surface area contributed by atoms with Crippen molar-refractivity contribution < 1.29 is 9.53 Å². The second kappa shape index (κ2) is 3.90. The quantitative estimate of drug-likeness (QED) is 0.751. The molecule has 1 unspecified atom stereocenters. The number of nitrogens with one attached hydrogen (secondary N) is 1. The minimum atomic E-state index is -0.106. The first kappa shape index (κ1) is 9.98. The van der Waals surface area contributed by atoms with Gasteiger partial charge in [-0.1, -0.05) is 6.07 Å². The lowest BCUT2D eigenvalue weighted by molar-refractivity contribution is -0.119. The minimum Gasteiger partial charge on any atom is -0.497 e. The molecule has 0 bridgehead atoms. The largest absolute Gasteiger partial charge is 0.497 e. The topological polar surface area (TPSA) is 64.3 Å². The maximum Gasteiger partial charge on any atom is 0.229 e. The number of carbonyl (C=O) groups is 1. The summed E-state index contributed by atoms with van der Waals surface area (Å²) in [7, 11) is 1.61. The van der Waals surface area contributed by atoms with Gasteiger partial charge in [-0.05, 0) is 18.1 Å². The maximum absolute atomic E-state index is 11.6. The molecule has 15 heavy (non-hydrogen) atoms. The number of rotatable bonds is 2. The number of amides is 1. The van der Waals surface area contributed by atoms with Gasteiger partial charge in [-0.3, -0.25) is 4.79 Å². The third-order valence-electron chi connectivity index (χ3n) is 2.70. The van der Waals surface area contributed by atoms with Gasteiger partial charge in [0.15, 0.2) is 0 Å². The molecule has 1 aromatic carbocycles. The summed E-state index contributed by atoms with van der Waals surface area (Å²) in [6, 6.07) is 5.69. The summed E-state index contributed by atoms with van der Waals surface area (Å²) in [5.41, 5.74) is 7.47. The zero-order valence-corrected chi connectivity index (χ0v) is 8.62. The molecule has 1 aliphatic rings. The van der Waals surface area contributed by atoms with Crippen molar-refractivity contribution in [1.82, 2.24) is 0 Å². The van der Waals surface area contributed by atoms with Gasteiger partial charge in [0.25, 0.3) is 0 Å². The lowest BCUT2D eigenvalue weighted by Crippen LogP contribution is -2.34. The molecule has 3 N–H and O–H groups in total. The molecule has 4 heteroatoms. The molecule has 0 radical (unpaired) electrons. The lowest BCUT2D eigenvalue weighted by Gasteiger charge is -2.23. The Morgan fingerprint density at radius 3 is 3.07 bits per heavy atom. The van der Waals surface area contributed by atoms with Gasteiger partial charge in [0.05, 0.1) is 13.0 Å². The molecule has 1 amide bonds. The van der Waals surface area contributed by atoms with Crippen molar-refractivity contribution in [3.63, 3.8) is 0 Å². The third-order valence-corrected chi connectivity index (χ3v) is 2.70. The van der Waals surface area contributed by atoms with Crippen molar-refractivity contribution >= 4 is 11.6 Å². The van der Waals surface area contributed by atoms with E-state index in [0.29, 0.717) is 13.0 Å². The Balaban J connectivity index is 2.32. The van der Waals surface area contributed by atoms with Crippen molar-refractivity contribution in [3.05, 3.63) is 23.8 Å². The fourth-order valence-corrected chi connectivity index (χ4v) is 1.76. The van der Waals surface area contributed by atoms with E-state index in [1.807, 2.05) is 18.2 Å². The molecule has 1 aliphatic heterocycles. The number of nitrogens with two attached hydrogens (primary N) is 1. The predicted molar refractivity (Wildman–Crippen MR) is 57.9 cm³/mol. The lowest BCUT2D eigenvalue weighted by atomic mass is 9.93. The molecular formula is C11H14N2O2. The zero-order valence-electron chi connectivity index (χ0n) is 8.62. The number of hydrogen-bond acceptors (Lipinski definition) is 3. The Kier molecular flexibility index (Phi) is 2.60. The Morgan fingerprint density at radius 1 is 1.60 bits per heavy atom. The molecule has 0 saturated carbocycles. The Morgan fingerprint density at radius 2 is 2.40 bits per heavy atom. The number of benzene rings is 1. The number of methoxy groups -OCH3 is 1. The highest BCUT2D eigenvalue weighted by molar-refractivity contribution is 5.96. The van der Waals surface area contributed by atoms with Gasteiger partial charge < -0.3 is 15.8 Å². The van der Waals surface area contributed by atoms with E-state index >= 15 is 0 Å². The molecule has 2 rings (SSSR count). The first-order valence-corrected chi connectivity index (χ1v) is 4.92. The Hall–Kier alpha value is -1.55. The van der Waals surface area contributed by atoms with Crippen molar-refractivity contribution in [2.75, 3.05) is 19.0 Å². The molecule has 0 fully saturated rings. The van der Waals surface area contributed by atoms with E-state index in [9.17, 15) is 4.79 Å². The van der Waals surface area contributed by atoms with E-state index in [-0.39, 0.29) is 11.8 Å². The molecule has 1 aromatic rings. The monoisotopic (exact) mass is 206 g/mol. The number of carbonyl (C=O) groups excluding carboxylic acids is 1. The van der Waals surface area contributed by atoms with Crippen LogP contribution in [0.5, 0.6) is 5.75 Å². The van der Waals surface area contributed by atoms with Crippen LogP contribution in [0.2, 0.25) is 0 Å². The molecule has 0 spiro atoms. The molecule has 0 saturated heterocycles. The standard InChI is InChI=1S/C11H14N2O2/c1-15-9-3-2-7-4-8(6-12)11(14)13-10(7)5-9/h2-3,5,8H,4,6,12H2,1H3,(H,13,14). The summed E-state index contributed by atoms with van der Waals surface area (Å²) in [5, 5.41) is 2.84. The van der Waals surface area contributed by atoms with Crippen molar-refractivity contribution in [2.45, 2.75) is 6.42 Å². The van der Waals surface area contributed by atoms with Crippen molar-refractivity contribution in [1.29, 1.82) is 0 Å². The summed E-state index contributed by atoms with van der Waals surface area (Å²) < 4.78 is 5.09. The van der Waals surface area contributed by atoms with Crippen LogP contribution in [0.4, 0.5) is 5.69 Å². The average molecular weight is 206 g/mol. The van der Waals surface area contributed by atoms with Gasteiger partial charge in [-0.2, -0.15) is 0 Å². The summed E-state index contributed by atoms with van der Waals surface area (Å²) in [5.74, 6) is 0.643. The van der Waals surface area contributed by atoms with Gasteiger partial charge in [0, 0.05) is 18.3 Å². The summed E-state index contributed by atoms with van der Waals surface area (Å²) in [4.78, 5) is 11.6. The van der Waals surface area contributed by atoms with E-state index in [2.05, 4.69) is 5.32 Å². The van der Waals surface area contributed by atoms with E-state index < -0.39 is 0 Å². The van der Waals surface area contributed by atoms with Crippen LogP contribution in [0.15, 0.2) is 18.2 Å². The van der Waals surface area contributed by atoms with E-state index in [1.165, 1.54) is 0 Å². The van der Waals surface area contributed by atoms with Crippen molar-refractivity contribution in [3.8, 4) is 5.75 Å². The van der Waals surface area contributed by atoms with Crippen molar-refractivity contribution in [2.24, 2.45) is 11.7 Å². The number of anilines is 1. The Bertz CT molecular complexity index is 390. The second-order valence-electron chi connectivity index (χ2n) is 3.65. The number of hydrogen-bond donors (Lipinski definition) is 2. The SMILES string of the molecule is COc1ccc2c(c1)NC(=O)C(CN)C2. The summed E-state index contributed by atoms with van der Waals surface area (Å²) in [6.07, 6.45) is 0.710. The minimum absolute atomic E-state index is 0.00162. The highest BCUT2D eigenvalue weighted by Crippen LogP contribution is 2.28. The van der Waals surface area contributed by atoms with Crippen LogP contribution in [0.1, 0.15) is 5.56 Å². The molecule has 0 aromatic heterocycles. The summed E-state index contributed by atoms with van der Waals surface area (Å²) >= 11 is 0. The van der Waals surface area contributed by atoms with Crippen LogP contribution < -0.4 is 15.8 Å².